The highest BCUT2D eigenvalue weighted by Gasteiger charge is 2.15. The maximum absolute atomic E-state index is 11.0. The molecule has 0 amide bonds. The molecule has 0 aliphatic rings. The summed E-state index contributed by atoms with van der Waals surface area (Å²) in [5.74, 6) is 0.774. The SMILES string of the molecule is Cc1ccc(Oc2ccc([C@H](C)N)cc2)c([N+](=O)[O-])c1. The smallest absolute Gasteiger partial charge is 0.311 e. The van der Waals surface area contributed by atoms with Crippen LogP contribution in [-0.2, 0) is 0 Å². The third kappa shape index (κ3) is 3.13. The van der Waals surface area contributed by atoms with E-state index in [9.17, 15) is 10.1 Å². The molecular formula is C15H16N2O3. The summed E-state index contributed by atoms with van der Waals surface area (Å²) < 4.78 is 5.58. The van der Waals surface area contributed by atoms with Crippen molar-refractivity contribution in [3.8, 4) is 11.5 Å². The molecule has 104 valence electrons. The minimum atomic E-state index is -0.446. The molecule has 20 heavy (non-hydrogen) atoms. The first-order valence-corrected chi connectivity index (χ1v) is 6.26. The molecule has 0 fully saturated rings. The lowest BCUT2D eigenvalue weighted by Gasteiger charge is -2.09. The molecule has 1 atom stereocenters. The van der Waals surface area contributed by atoms with Gasteiger partial charge in [0.05, 0.1) is 4.92 Å². The van der Waals surface area contributed by atoms with Crippen LogP contribution in [0.4, 0.5) is 5.69 Å². The van der Waals surface area contributed by atoms with Gasteiger partial charge in [-0.15, -0.1) is 0 Å². The topological polar surface area (TPSA) is 78.4 Å². The molecule has 0 bridgehead atoms. The highest BCUT2D eigenvalue weighted by Crippen LogP contribution is 2.32. The molecule has 5 nitrogen and oxygen atoms in total. The van der Waals surface area contributed by atoms with Gasteiger partial charge in [0.15, 0.2) is 0 Å². The molecular weight excluding hydrogens is 256 g/mol. The highest BCUT2D eigenvalue weighted by atomic mass is 16.6. The molecule has 2 rings (SSSR count). The quantitative estimate of drug-likeness (QED) is 0.679. The molecule has 0 heterocycles. The van der Waals surface area contributed by atoms with Crippen molar-refractivity contribution in [1.82, 2.24) is 0 Å². The van der Waals surface area contributed by atoms with E-state index in [1.807, 2.05) is 19.1 Å². The minimum absolute atomic E-state index is 0.0405. The number of nitrogens with zero attached hydrogens (tertiary/aromatic N) is 1. The number of hydrogen-bond donors (Lipinski definition) is 1. The fraction of sp³-hybridized carbons (Fsp3) is 0.200. The van der Waals surface area contributed by atoms with Crippen molar-refractivity contribution in [2.45, 2.75) is 19.9 Å². The van der Waals surface area contributed by atoms with E-state index in [0.717, 1.165) is 11.1 Å². The Morgan fingerprint density at radius 3 is 2.40 bits per heavy atom. The Hall–Kier alpha value is -2.40. The molecule has 2 N–H and O–H groups in total. The van der Waals surface area contributed by atoms with Crippen LogP contribution in [0.25, 0.3) is 0 Å². The standard InChI is InChI=1S/C15H16N2O3/c1-10-3-8-15(14(9-10)17(18)19)20-13-6-4-12(5-7-13)11(2)16/h3-9,11H,16H2,1-2H3/t11-/m0/s1. The van der Waals surface area contributed by atoms with Crippen molar-refractivity contribution in [1.29, 1.82) is 0 Å². The Balaban J connectivity index is 2.28. The summed E-state index contributed by atoms with van der Waals surface area (Å²) in [7, 11) is 0. The van der Waals surface area contributed by atoms with Gasteiger partial charge >= 0.3 is 5.69 Å². The number of hydrogen-bond acceptors (Lipinski definition) is 4. The molecule has 0 aliphatic carbocycles. The van der Waals surface area contributed by atoms with Crippen molar-refractivity contribution in [3.63, 3.8) is 0 Å². The van der Waals surface area contributed by atoms with Crippen molar-refractivity contribution in [2.24, 2.45) is 5.73 Å². The first-order chi connectivity index (χ1) is 9.47. The summed E-state index contributed by atoms with van der Waals surface area (Å²) in [5, 5.41) is 11.0. The lowest BCUT2D eigenvalue weighted by Crippen LogP contribution is -2.04. The average molecular weight is 272 g/mol. The minimum Gasteiger partial charge on any atom is -0.450 e. The zero-order chi connectivity index (χ0) is 14.7. The summed E-state index contributed by atoms with van der Waals surface area (Å²) in [6.07, 6.45) is 0. The van der Waals surface area contributed by atoms with Gasteiger partial charge < -0.3 is 10.5 Å². The molecule has 0 saturated carbocycles. The van der Waals surface area contributed by atoms with Gasteiger partial charge in [-0.3, -0.25) is 10.1 Å². The molecule has 2 aromatic carbocycles. The molecule has 0 radical (unpaired) electrons. The molecule has 0 unspecified atom stereocenters. The van der Waals surface area contributed by atoms with Crippen LogP contribution in [0, 0.1) is 17.0 Å². The number of nitrogens with two attached hydrogens (primary N) is 1. The fourth-order valence-corrected chi connectivity index (χ4v) is 1.82. The fourth-order valence-electron chi connectivity index (χ4n) is 1.82. The number of nitro groups is 1. The highest BCUT2D eigenvalue weighted by molar-refractivity contribution is 5.50. The van der Waals surface area contributed by atoms with Crippen LogP contribution in [-0.4, -0.2) is 4.92 Å². The second kappa shape index (κ2) is 5.71. The van der Waals surface area contributed by atoms with Crippen LogP contribution in [0.3, 0.4) is 0 Å². The predicted octanol–water partition coefficient (Wildman–Crippen LogP) is 3.72. The maximum atomic E-state index is 11.0. The normalized spacial score (nSPS) is 11.9. The number of rotatable bonds is 4. The summed E-state index contributed by atoms with van der Waals surface area (Å²) >= 11 is 0. The van der Waals surface area contributed by atoms with Gasteiger partial charge in [0, 0.05) is 12.1 Å². The maximum Gasteiger partial charge on any atom is 0.311 e. The van der Waals surface area contributed by atoms with Gasteiger partial charge in [-0.25, -0.2) is 0 Å². The van der Waals surface area contributed by atoms with E-state index in [-0.39, 0.29) is 17.5 Å². The lowest BCUT2D eigenvalue weighted by molar-refractivity contribution is -0.385. The molecule has 0 saturated heterocycles. The third-order valence-electron chi connectivity index (χ3n) is 2.94. The van der Waals surface area contributed by atoms with Crippen molar-refractivity contribution in [3.05, 3.63) is 63.7 Å². The zero-order valence-corrected chi connectivity index (χ0v) is 11.4. The van der Waals surface area contributed by atoms with Crippen LogP contribution in [0.15, 0.2) is 42.5 Å². The van der Waals surface area contributed by atoms with Crippen LogP contribution in [0.2, 0.25) is 0 Å². The monoisotopic (exact) mass is 272 g/mol. The van der Waals surface area contributed by atoms with E-state index < -0.39 is 4.92 Å². The summed E-state index contributed by atoms with van der Waals surface area (Å²) in [4.78, 5) is 10.6. The van der Waals surface area contributed by atoms with Crippen LogP contribution >= 0.6 is 0 Å². The number of benzene rings is 2. The second-order valence-electron chi connectivity index (χ2n) is 4.69. The van der Waals surface area contributed by atoms with E-state index in [0.29, 0.717) is 5.75 Å². The Morgan fingerprint density at radius 2 is 1.85 bits per heavy atom. The van der Waals surface area contributed by atoms with Crippen molar-refractivity contribution >= 4 is 5.69 Å². The number of aryl methyl sites for hydroxylation is 1. The molecule has 5 heteroatoms. The van der Waals surface area contributed by atoms with Gasteiger partial charge in [-0.2, -0.15) is 0 Å². The van der Waals surface area contributed by atoms with E-state index in [4.69, 9.17) is 10.5 Å². The van der Waals surface area contributed by atoms with E-state index in [1.165, 1.54) is 6.07 Å². The first-order valence-electron chi connectivity index (χ1n) is 6.26. The molecule has 0 aliphatic heterocycles. The zero-order valence-electron chi connectivity index (χ0n) is 11.4. The number of nitro benzene ring substituents is 1. The van der Waals surface area contributed by atoms with Gasteiger partial charge in [0.1, 0.15) is 5.75 Å². The Labute approximate surface area is 117 Å². The summed E-state index contributed by atoms with van der Waals surface area (Å²) in [6.45, 7) is 3.69. The van der Waals surface area contributed by atoms with Crippen LogP contribution < -0.4 is 10.5 Å². The van der Waals surface area contributed by atoms with Crippen LogP contribution in [0.5, 0.6) is 11.5 Å². The molecule has 2 aromatic rings. The lowest BCUT2D eigenvalue weighted by atomic mass is 10.1. The van der Waals surface area contributed by atoms with E-state index >= 15 is 0 Å². The third-order valence-corrected chi connectivity index (χ3v) is 2.94. The Bertz CT molecular complexity index is 622. The summed E-state index contributed by atoms with van der Waals surface area (Å²) in [6, 6.07) is 12.0. The van der Waals surface area contributed by atoms with Crippen LogP contribution in [0.1, 0.15) is 24.1 Å². The van der Waals surface area contributed by atoms with Crippen molar-refractivity contribution in [2.75, 3.05) is 0 Å². The second-order valence-corrected chi connectivity index (χ2v) is 4.69. The Morgan fingerprint density at radius 1 is 1.20 bits per heavy atom. The summed E-state index contributed by atoms with van der Waals surface area (Å²) in [5.41, 5.74) is 7.52. The first kappa shape index (κ1) is 14.0. The Kier molecular flexibility index (Phi) is 4.00. The largest absolute Gasteiger partial charge is 0.450 e. The van der Waals surface area contributed by atoms with Gasteiger partial charge in [0.2, 0.25) is 5.75 Å². The van der Waals surface area contributed by atoms with Gasteiger partial charge in [-0.05, 0) is 43.2 Å². The predicted molar refractivity (Wildman–Crippen MR) is 77.0 cm³/mol. The average Bonchev–Trinajstić information content (AvgIpc) is 2.41. The molecule has 0 aromatic heterocycles. The van der Waals surface area contributed by atoms with Gasteiger partial charge in [0.25, 0.3) is 0 Å². The van der Waals surface area contributed by atoms with E-state index in [1.54, 1.807) is 31.2 Å². The van der Waals surface area contributed by atoms with E-state index in [2.05, 4.69) is 0 Å². The van der Waals surface area contributed by atoms with Crippen molar-refractivity contribution < 1.29 is 9.66 Å². The molecule has 0 spiro atoms. The number of ether oxygens (including phenoxy) is 1. The van der Waals surface area contributed by atoms with Gasteiger partial charge in [-0.1, -0.05) is 18.2 Å².